The second-order valence-electron chi connectivity index (χ2n) is 26.2. The number of benzene rings is 4. The molecule has 0 fully saturated rings. The molecule has 0 spiro atoms. The number of nitrogens with one attached hydrogen (secondary N) is 15. The Labute approximate surface area is 645 Å². The maximum absolute atomic E-state index is 15.4. The van der Waals surface area contributed by atoms with E-state index < -0.39 is 162 Å². The molecule has 0 saturated carbocycles. The van der Waals surface area contributed by atoms with E-state index >= 15 is 14.4 Å². The number of unbranched alkanes of at least 4 members (excludes halogenated alkanes) is 1. The molecule has 110 heavy (non-hydrogen) atoms. The number of thiol groups is 2. The second kappa shape index (κ2) is 45.1. The number of aliphatic hydroxyl groups excluding tert-OH is 3. The Balaban J connectivity index is 1.30. The van der Waals surface area contributed by atoms with Crippen molar-refractivity contribution in [3.05, 3.63) is 162 Å². The Hall–Kier alpha value is -11.0. The highest BCUT2D eigenvalue weighted by molar-refractivity contribution is 7.80. The lowest BCUT2D eigenvalue weighted by Gasteiger charge is -2.29. The van der Waals surface area contributed by atoms with E-state index in [1.807, 2.05) is 0 Å². The molecular weight excluding hydrogens is 1460 g/mol. The van der Waals surface area contributed by atoms with Gasteiger partial charge in [-0.3, -0.25) is 58.1 Å². The highest BCUT2D eigenvalue weighted by atomic mass is 32.1. The fraction of sp³-hybridized carbons (Fsp3) is 0.425. The molecule has 11 amide bonds. The molecule has 0 aliphatic rings. The number of aromatic nitrogens is 3. The van der Waals surface area contributed by atoms with E-state index in [2.05, 4.69) is 104 Å². The molecule has 14 atom stereocenters. The number of guanidine groups is 1. The zero-order chi connectivity index (χ0) is 80.4. The van der Waals surface area contributed by atoms with Crippen molar-refractivity contribution in [3.63, 3.8) is 0 Å². The van der Waals surface area contributed by atoms with Crippen LogP contribution in [0.25, 0.3) is 10.9 Å². The van der Waals surface area contributed by atoms with Crippen LogP contribution >= 0.6 is 25.3 Å². The van der Waals surface area contributed by atoms with Crippen LogP contribution in [0.1, 0.15) is 73.9 Å². The van der Waals surface area contributed by atoms with Crippen molar-refractivity contribution in [2.75, 3.05) is 31.2 Å². The molecule has 0 bridgehead atoms. The summed E-state index contributed by atoms with van der Waals surface area (Å²) in [7, 11) is 0. The molecule has 2 aromatic heterocycles. The minimum Gasteiger partial charge on any atom is -0.480 e. The molecule has 35 nitrogen and oxygen atoms in total. The van der Waals surface area contributed by atoms with Gasteiger partial charge in [-0.25, -0.2) is 9.78 Å². The molecule has 25 N–H and O–H groups in total. The van der Waals surface area contributed by atoms with Crippen molar-refractivity contribution in [1.82, 2.24) is 78.8 Å². The first-order valence-electron chi connectivity index (χ1n) is 35.6. The highest BCUT2D eigenvalue weighted by Gasteiger charge is 2.39. The zero-order valence-electron chi connectivity index (χ0n) is 60.7. The maximum atomic E-state index is 15.4. The number of carbonyl (C=O) groups excluding carboxylic acids is 11. The Morgan fingerprint density at radius 2 is 0.864 bits per heavy atom. The Morgan fingerprint density at radius 1 is 0.473 bits per heavy atom. The summed E-state index contributed by atoms with van der Waals surface area (Å²) in [6.07, 6.45) is 0.481. The molecule has 0 saturated heterocycles. The number of aliphatic carboxylic acids is 1. The van der Waals surface area contributed by atoms with Gasteiger partial charge in [0.2, 0.25) is 65.0 Å². The monoisotopic (exact) mass is 1560 g/mol. The number of para-hydroxylation sites is 1. The predicted molar refractivity (Wildman–Crippen MR) is 412 cm³/mol. The average molecular weight is 1560 g/mol. The molecule has 4 aromatic carbocycles. The van der Waals surface area contributed by atoms with Gasteiger partial charge in [0, 0.05) is 73.5 Å². The zero-order valence-corrected chi connectivity index (χ0v) is 62.4. The number of nitrogens with zero attached hydrogens (tertiary/aromatic N) is 1. The molecule has 594 valence electrons. The van der Waals surface area contributed by atoms with Crippen LogP contribution in [0.15, 0.2) is 134 Å². The van der Waals surface area contributed by atoms with Gasteiger partial charge in [0.25, 0.3) is 0 Å². The Bertz CT molecular complexity index is 4030. The summed E-state index contributed by atoms with van der Waals surface area (Å²) < 4.78 is 0. The molecule has 2 unspecified atom stereocenters. The number of hydrogen-bond acceptors (Lipinski definition) is 21. The SMILES string of the molecule is CC(O)[C@H](NC(=O)[C@H](Cc1ccccc1)NC(=O)[C@@H](NC(=O)[C@H](CCCCN)NC(=O)[C@@H](Cc1c[nH]c2ccccc12)NC(=O)[C@H](Cc1ccccc1)NC(=O)[C@H](Cc1ccccc1)NC(=O)[C@@H](Cc1c[nH]cn1)NC(=O)[C@H](CCCNC(=N)N)NC(=O)[C@@H](N)CS)C(C)O)C(=O)N[C@@H](CO)C(=O)N[C@@H](CS)C(=O)O. The van der Waals surface area contributed by atoms with Crippen LogP contribution in [0.3, 0.4) is 0 Å². The van der Waals surface area contributed by atoms with E-state index in [1.165, 1.54) is 12.5 Å². The van der Waals surface area contributed by atoms with Crippen molar-refractivity contribution in [3.8, 4) is 0 Å². The Kier molecular flexibility index (Phi) is 36.1. The predicted octanol–water partition coefficient (Wildman–Crippen LogP) is -3.85. The summed E-state index contributed by atoms with van der Waals surface area (Å²) in [5, 5.41) is 80.5. The van der Waals surface area contributed by atoms with E-state index in [9.17, 15) is 63.6 Å². The first-order valence-corrected chi connectivity index (χ1v) is 36.8. The number of imidazole rings is 1. The minimum absolute atomic E-state index is 0.0112. The van der Waals surface area contributed by atoms with Gasteiger partial charge < -0.3 is 111 Å². The smallest absolute Gasteiger partial charge is 0.327 e. The van der Waals surface area contributed by atoms with Gasteiger partial charge in [-0.2, -0.15) is 25.3 Å². The summed E-state index contributed by atoms with van der Waals surface area (Å²) in [5.74, 6) is -13.0. The van der Waals surface area contributed by atoms with Gasteiger partial charge in [-0.1, -0.05) is 109 Å². The number of aromatic amines is 2. The second-order valence-corrected chi connectivity index (χ2v) is 26.9. The van der Waals surface area contributed by atoms with Crippen molar-refractivity contribution in [2.45, 2.75) is 163 Å². The normalized spacial score (nSPS) is 15.0. The molecule has 37 heteroatoms. The average Bonchev–Trinajstić information content (AvgIpc) is 1.60. The first-order chi connectivity index (χ1) is 52.6. The number of carboxylic acid groups (broad SMARTS) is 1. The van der Waals surface area contributed by atoms with Gasteiger partial charge in [0.05, 0.1) is 36.9 Å². The quantitative estimate of drug-likeness (QED) is 0.00753. The van der Waals surface area contributed by atoms with Gasteiger partial charge in [-0.15, -0.1) is 0 Å². The maximum Gasteiger partial charge on any atom is 0.327 e. The number of amides is 11. The molecule has 0 aliphatic carbocycles. The fourth-order valence-corrected chi connectivity index (χ4v) is 11.9. The third-order valence-electron chi connectivity index (χ3n) is 17.5. The molecule has 0 aliphatic heterocycles. The first kappa shape index (κ1) is 87.9. The van der Waals surface area contributed by atoms with Crippen molar-refractivity contribution >= 4 is 113 Å². The Morgan fingerprint density at radius 3 is 1.30 bits per heavy atom. The van der Waals surface area contributed by atoms with Crippen molar-refractivity contribution in [2.24, 2.45) is 17.2 Å². The van der Waals surface area contributed by atoms with Crippen molar-refractivity contribution in [1.29, 1.82) is 5.41 Å². The number of rotatable bonds is 46. The lowest BCUT2D eigenvalue weighted by Crippen LogP contribution is -2.63. The van der Waals surface area contributed by atoms with Crippen LogP contribution in [0.4, 0.5) is 0 Å². The number of H-pyrrole nitrogens is 2. The summed E-state index contributed by atoms with van der Waals surface area (Å²) in [6, 6.07) is 13.6. The van der Waals surface area contributed by atoms with Crippen LogP contribution in [0.5, 0.6) is 0 Å². The van der Waals surface area contributed by atoms with Gasteiger partial charge in [0.15, 0.2) is 5.96 Å². The molecule has 6 aromatic rings. The lowest BCUT2D eigenvalue weighted by atomic mass is 10.00. The summed E-state index contributed by atoms with van der Waals surface area (Å²) in [6.45, 7) is 1.52. The number of hydrogen-bond donors (Lipinski definition) is 24. The molecule has 2 heterocycles. The van der Waals surface area contributed by atoms with Gasteiger partial charge >= 0.3 is 5.97 Å². The van der Waals surface area contributed by atoms with Gasteiger partial charge in [0.1, 0.15) is 66.5 Å². The highest BCUT2D eigenvalue weighted by Crippen LogP contribution is 2.21. The third kappa shape index (κ3) is 28.2. The molecule has 6 rings (SSSR count). The van der Waals surface area contributed by atoms with Crippen LogP contribution in [0.2, 0.25) is 0 Å². The van der Waals surface area contributed by atoms with Crippen molar-refractivity contribution < 1.29 is 78.0 Å². The van der Waals surface area contributed by atoms with Crippen LogP contribution in [-0.2, 0) is 89.6 Å². The lowest BCUT2D eigenvalue weighted by molar-refractivity contribution is -0.142. The topological polar surface area (TPSA) is 576 Å². The standard InChI is InChI=1S/C73H99N19O16S2/c1-40(94)59(70(105)88-54(31-44-21-10-5-11-22-44)68(103)92-60(41(2)95)71(106)89-57(36-93)69(104)90-58(38-110)72(107)108)91-63(98)50(25-14-15-27-74)83-66(101)55(32-45-34-80-49-24-13-12-23-47(45)49)86-65(100)53(30-43-19-8-4-9-20-43)84-64(99)52(29-42-17-6-3-7-18-42)85-67(102)56(33-46-35-78-39-81-46)87-62(97)51(26-16-28-79-73(76)77)82-61(96)48(75)37-109/h3-13,17-24,34-35,39-41,48,50-60,80,93-95,109-110H,14-16,25-33,36-38,74-75H2,1-2H3,(H,78,81)(H,82,96)(H,83,101)(H,84,99)(H,85,102)(H,86,100)(H,87,97)(H,88,105)(H,89,106)(H,90,104)(H,91,98)(H,92,103)(H,107,108)(H4,76,77,79)/t40?,41?,48-,50-,51-,52-,53-,54-,55+,56+,57-,58-,59-,60-/m0/s1. The summed E-state index contributed by atoms with van der Waals surface area (Å²) in [4.78, 5) is 180. The van der Waals surface area contributed by atoms with E-state index in [1.54, 1.807) is 121 Å². The van der Waals surface area contributed by atoms with E-state index in [-0.39, 0.29) is 88.3 Å². The van der Waals surface area contributed by atoms with E-state index in [0.29, 0.717) is 45.3 Å². The van der Waals surface area contributed by atoms with E-state index in [0.717, 1.165) is 13.8 Å². The number of carbonyl (C=O) groups is 12. The van der Waals surface area contributed by atoms with Crippen LogP contribution in [-0.4, -0.2) is 228 Å². The molecular formula is C73H99N19O16S2. The van der Waals surface area contributed by atoms with E-state index in [4.69, 9.17) is 22.6 Å². The van der Waals surface area contributed by atoms with Gasteiger partial charge in [-0.05, 0) is 80.8 Å². The fourth-order valence-electron chi connectivity index (χ4n) is 11.5. The number of nitrogens with two attached hydrogens (primary N) is 3. The number of aliphatic hydroxyl groups is 3. The van der Waals surface area contributed by atoms with Crippen LogP contribution < -0.4 is 81.0 Å². The number of carboxylic acids is 1. The number of fused-ring (bicyclic) bond motifs is 1. The summed E-state index contributed by atoms with van der Waals surface area (Å²) in [5.41, 5.74) is 20.4. The minimum atomic E-state index is -1.89. The third-order valence-corrected chi connectivity index (χ3v) is 18.3. The molecule has 0 radical (unpaired) electrons. The summed E-state index contributed by atoms with van der Waals surface area (Å²) >= 11 is 8.02. The largest absolute Gasteiger partial charge is 0.480 e. The van der Waals surface area contributed by atoms with Crippen LogP contribution in [0, 0.1) is 5.41 Å².